The van der Waals surface area contributed by atoms with Gasteiger partial charge in [0.15, 0.2) is 0 Å². The van der Waals surface area contributed by atoms with Crippen LogP contribution in [-0.2, 0) is 6.18 Å². The van der Waals surface area contributed by atoms with Gasteiger partial charge in [-0.1, -0.05) is 12.1 Å². The van der Waals surface area contributed by atoms with Crippen molar-refractivity contribution in [2.45, 2.75) is 18.7 Å². The molecule has 0 heterocycles. The molecule has 4 N–H and O–H groups in total. The SMILES string of the molecule is NCCC(O)CNc1ccccc1C(F)(F)F. The lowest BCUT2D eigenvalue weighted by Crippen LogP contribution is -2.23. The van der Waals surface area contributed by atoms with Crippen LogP contribution in [-0.4, -0.2) is 24.3 Å². The molecule has 0 bridgehead atoms. The number of halogens is 3. The van der Waals surface area contributed by atoms with Crippen molar-refractivity contribution < 1.29 is 18.3 Å². The summed E-state index contributed by atoms with van der Waals surface area (Å²) >= 11 is 0. The summed E-state index contributed by atoms with van der Waals surface area (Å²) in [6, 6.07) is 5.16. The molecule has 6 heteroatoms. The second-order valence-corrected chi connectivity index (χ2v) is 3.66. The molecule has 1 rings (SSSR count). The van der Waals surface area contributed by atoms with E-state index in [2.05, 4.69) is 5.32 Å². The standard InChI is InChI=1S/C11H15F3N2O/c12-11(13,14)9-3-1-2-4-10(9)16-7-8(17)5-6-15/h1-4,8,16-17H,5-7,15H2. The lowest BCUT2D eigenvalue weighted by atomic mass is 10.1. The Morgan fingerprint density at radius 3 is 2.53 bits per heavy atom. The highest BCUT2D eigenvalue weighted by molar-refractivity contribution is 5.52. The quantitative estimate of drug-likeness (QED) is 0.745. The Balaban J connectivity index is 2.71. The van der Waals surface area contributed by atoms with Crippen molar-refractivity contribution >= 4 is 5.69 Å². The zero-order valence-electron chi connectivity index (χ0n) is 9.17. The van der Waals surface area contributed by atoms with Gasteiger partial charge in [-0.2, -0.15) is 13.2 Å². The first kappa shape index (κ1) is 13.8. The van der Waals surface area contributed by atoms with Gasteiger partial charge in [0.2, 0.25) is 0 Å². The fraction of sp³-hybridized carbons (Fsp3) is 0.455. The van der Waals surface area contributed by atoms with Gasteiger partial charge < -0.3 is 16.2 Å². The first-order valence-electron chi connectivity index (χ1n) is 5.23. The number of alkyl halides is 3. The van der Waals surface area contributed by atoms with Crippen molar-refractivity contribution in [2.75, 3.05) is 18.4 Å². The van der Waals surface area contributed by atoms with Crippen molar-refractivity contribution in [1.29, 1.82) is 0 Å². The normalized spacial score (nSPS) is 13.5. The first-order valence-corrected chi connectivity index (χ1v) is 5.23. The van der Waals surface area contributed by atoms with E-state index in [4.69, 9.17) is 5.73 Å². The van der Waals surface area contributed by atoms with Gasteiger partial charge in [0.1, 0.15) is 0 Å². The van der Waals surface area contributed by atoms with Crippen LogP contribution in [0.1, 0.15) is 12.0 Å². The Morgan fingerprint density at radius 1 is 1.29 bits per heavy atom. The second-order valence-electron chi connectivity index (χ2n) is 3.66. The molecular formula is C11H15F3N2O. The number of rotatable bonds is 5. The molecule has 1 unspecified atom stereocenters. The molecule has 96 valence electrons. The summed E-state index contributed by atoms with van der Waals surface area (Å²) in [6.07, 6.45) is -4.80. The van der Waals surface area contributed by atoms with Crippen LogP contribution in [0.5, 0.6) is 0 Å². The van der Waals surface area contributed by atoms with Crippen LogP contribution in [0, 0.1) is 0 Å². The molecule has 0 radical (unpaired) electrons. The van der Waals surface area contributed by atoms with E-state index in [1.165, 1.54) is 18.2 Å². The van der Waals surface area contributed by atoms with Crippen LogP contribution in [0.2, 0.25) is 0 Å². The molecule has 17 heavy (non-hydrogen) atoms. The minimum absolute atomic E-state index is 0.0314. The highest BCUT2D eigenvalue weighted by Gasteiger charge is 2.33. The van der Waals surface area contributed by atoms with Crippen molar-refractivity contribution in [2.24, 2.45) is 5.73 Å². The van der Waals surface area contributed by atoms with Crippen LogP contribution in [0.25, 0.3) is 0 Å². The summed E-state index contributed by atoms with van der Waals surface area (Å²) in [5, 5.41) is 12.0. The van der Waals surface area contributed by atoms with Crippen LogP contribution < -0.4 is 11.1 Å². The van der Waals surface area contributed by atoms with Gasteiger partial charge in [0.25, 0.3) is 0 Å². The predicted octanol–water partition coefficient (Wildman–Crippen LogP) is 1.83. The maximum Gasteiger partial charge on any atom is 0.418 e. The molecule has 0 saturated heterocycles. The zero-order valence-corrected chi connectivity index (χ0v) is 9.17. The average Bonchev–Trinajstić information content (AvgIpc) is 2.26. The van der Waals surface area contributed by atoms with Crippen molar-refractivity contribution in [3.63, 3.8) is 0 Å². The minimum atomic E-state index is -4.40. The van der Waals surface area contributed by atoms with E-state index >= 15 is 0 Å². The van der Waals surface area contributed by atoms with Crippen molar-refractivity contribution in [1.82, 2.24) is 0 Å². The Labute approximate surface area is 97.4 Å². The maximum absolute atomic E-state index is 12.6. The van der Waals surface area contributed by atoms with Gasteiger partial charge in [0, 0.05) is 12.2 Å². The molecule has 0 aliphatic rings. The van der Waals surface area contributed by atoms with Gasteiger partial charge in [-0.15, -0.1) is 0 Å². The summed E-state index contributed by atoms with van der Waals surface area (Å²) < 4.78 is 37.8. The predicted molar refractivity (Wildman–Crippen MR) is 59.6 cm³/mol. The largest absolute Gasteiger partial charge is 0.418 e. The van der Waals surface area contributed by atoms with Crippen LogP contribution in [0.4, 0.5) is 18.9 Å². The number of nitrogens with one attached hydrogen (secondary N) is 1. The van der Waals surface area contributed by atoms with Crippen LogP contribution >= 0.6 is 0 Å². The van der Waals surface area contributed by atoms with Crippen molar-refractivity contribution in [3.05, 3.63) is 29.8 Å². The van der Waals surface area contributed by atoms with E-state index in [1.807, 2.05) is 0 Å². The fourth-order valence-electron chi connectivity index (χ4n) is 1.41. The Bertz CT molecular complexity index is 355. The Hall–Kier alpha value is -1.27. The molecule has 0 aliphatic heterocycles. The maximum atomic E-state index is 12.6. The Morgan fingerprint density at radius 2 is 1.94 bits per heavy atom. The highest BCUT2D eigenvalue weighted by atomic mass is 19.4. The monoisotopic (exact) mass is 248 g/mol. The summed E-state index contributed by atoms with van der Waals surface area (Å²) in [5.74, 6) is 0. The van der Waals surface area contributed by atoms with Crippen molar-refractivity contribution in [3.8, 4) is 0 Å². The number of aliphatic hydroxyl groups excluding tert-OH is 1. The smallest absolute Gasteiger partial charge is 0.391 e. The van der Waals surface area contributed by atoms with Gasteiger partial charge >= 0.3 is 6.18 Å². The van der Waals surface area contributed by atoms with E-state index in [9.17, 15) is 18.3 Å². The van der Waals surface area contributed by atoms with Gasteiger partial charge in [-0.3, -0.25) is 0 Å². The topological polar surface area (TPSA) is 58.3 Å². The number of hydrogen-bond donors (Lipinski definition) is 3. The van der Waals surface area contributed by atoms with Gasteiger partial charge in [-0.05, 0) is 25.1 Å². The number of hydrogen-bond acceptors (Lipinski definition) is 3. The van der Waals surface area contributed by atoms with Crippen LogP contribution in [0.15, 0.2) is 24.3 Å². The van der Waals surface area contributed by atoms with Gasteiger partial charge in [-0.25, -0.2) is 0 Å². The number of benzene rings is 1. The number of anilines is 1. The molecule has 0 fully saturated rings. The molecule has 0 amide bonds. The molecule has 1 aromatic rings. The molecule has 3 nitrogen and oxygen atoms in total. The molecule has 1 atom stereocenters. The van der Waals surface area contributed by atoms with E-state index < -0.39 is 17.8 Å². The Kier molecular flexibility index (Phi) is 4.77. The molecule has 0 aliphatic carbocycles. The summed E-state index contributed by atoms with van der Waals surface area (Å²) in [4.78, 5) is 0. The van der Waals surface area contributed by atoms with E-state index in [0.717, 1.165) is 6.07 Å². The second kappa shape index (κ2) is 5.88. The third-order valence-corrected chi connectivity index (χ3v) is 2.26. The highest BCUT2D eigenvalue weighted by Crippen LogP contribution is 2.34. The number of para-hydroxylation sites is 1. The number of aliphatic hydroxyl groups is 1. The molecule has 1 aromatic carbocycles. The lowest BCUT2D eigenvalue weighted by molar-refractivity contribution is -0.137. The zero-order chi connectivity index (χ0) is 12.9. The summed E-state index contributed by atoms with van der Waals surface area (Å²) in [7, 11) is 0. The van der Waals surface area contributed by atoms with Crippen LogP contribution in [0.3, 0.4) is 0 Å². The van der Waals surface area contributed by atoms with Gasteiger partial charge in [0.05, 0.1) is 11.7 Å². The third kappa shape index (κ3) is 4.24. The van der Waals surface area contributed by atoms with E-state index in [1.54, 1.807) is 0 Å². The van der Waals surface area contributed by atoms with E-state index in [-0.39, 0.29) is 12.2 Å². The lowest BCUT2D eigenvalue weighted by Gasteiger charge is -2.16. The van der Waals surface area contributed by atoms with E-state index in [0.29, 0.717) is 13.0 Å². The average molecular weight is 248 g/mol. The molecule has 0 aromatic heterocycles. The molecule has 0 saturated carbocycles. The molecular weight excluding hydrogens is 233 g/mol. The fourth-order valence-corrected chi connectivity index (χ4v) is 1.41. The summed E-state index contributed by atoms with van der Waals surface area (Å²) in [6.45, 7) is 0.341. The first-order chi connectivity index (χ1) is 7.95. The summed E-state index contributed by atoms with van der Waals surface area (Å²) in [5.41, 5.74) is 4.46. The third-order valence-electron chi connectivity index (χ3n) is 2.26. The molecule has 0 spiro atoms. The minimum Gasteiger partial charge on any atom is -0.391 e. The number of nitrogens with two attached hydrogens (primary N) is 1.